The number of hydrogen-bond donors (Lipinski definition) is 1. The van der Waals surface area contributed by atoms with Crippen LogP contribution in [0.4, 0.5) is 5.69 Å². The van der Waals surface area contributed by atoms with Crippen LogP contribution in [0.3, 0.4) is 0 Å². The van der Waals surface area contributed by atoms with Crippen LogP contribution in [0, 0.1) is 13.8 Å². The van der Waals surface area contributed by atoms with E-state index in [2.05, 4.69) is 23.5 Å². The molecular weight excluding hydrogens is 444 g/mol. The fraction of sp³-hybridized carbons (Fsp3) is 0.321. The summed E-state index contributed by atoms with van der Waals surface area (Å²) < 4.78 is 28.3. The number of sulfonamides is 1. The Labute approximate surface area is 202 Å². The summed E-state index contributed by atoms with van der Waals surface area (Å²) in [6.45, 7) is 5.45. The first-order valence-electron chi connectivity index (χ1n) is 11.8. The Morgan fingerprint density at radius 2 is 1.62 bits per heavy atom. The van der Waals surface area contributed by atoms with E-state index in [0.29, 0.717) is 5.69 Å². The van der Waals surface area contributed by atoms with Crippen LogP contribution in [0.15, 0.2) is 71.6 Å². The van der Waals surface area contributed by atoms with E-state index in [0.717, 1.165) is 29.5 Å². The molecule has 0 spiro atoms. The summed E-state index contributed by atoms with van der Waals surface area (Å²) in [7, 11) is -3.92. The van der Waals surface area contributed by atoms with Gasteiger partial charge < -0.3 is 5.32 Å². The van der Waals surface area contributed by atoms with Gasteiger partial charge in [0.15, 0.2) is 0 Å². The Hall–Kier alpha value is -3.12. The average molecular weight is 477 g/mol. The third-order valence-corrected chi connectivity index (χ3v) is 8.22. The Kier molecular flexibility index (Phi) is 7.08. The summed E-state index contributed by atoms with van der Waals surface area (Å²) >= 11 is 0. The van der Waals surface area contributed by atoms with E-state index in [9.17, 15) is 13.2 Å². The van der Waals surface area contributed by atoms with Gasteiger partial charge in [-0.1, -0.05) is 48.0 Å². The third kappa shape index (κ3) is 5.33. The molecule has 0 bridgehead atoms. The number of hydrogen-bond acceptors (Lipinski definition) is 3. The first kappa shape index (κ1) is 24.0. The van der Waals surface area contributed by atoms with E-state index in [1.807, 2.05) is 26.8 Å². The van der Waals surface area contributed by atoms with Gasteiger partial charge in [-0.3, -0.25) is 9.10 Å². The molecule has 4 rings (SSSR count). The van der Waals surface area contributed by atoms with E-state index in [-0.39, 0.29) is 23.4 Å². The number of anilines is 1. The van der Waals surface area contributed by atoms with Crippen LogP contribution in [0.1, 0.15) is 53.6 Å². The van der Waals surface area contributed by atoms with Gasteiger partial charge in [0, 0.05) is 0 Å². The van der Waals surface area contributed by atoms with Crippen LogP contribution < -0.4 is 9.62 Å². The van der Waals surface area contributed by atoms with Crippen LogP contribution in [0.2, 0.25) is 0 Å². The second kappa shape index (κ2) is 10.0. The van der Waals surface area contributed by atoms with Crippen molar-refractivity contribution < 1.29 is 13.2 Å². The molecule has 6 heteroatoms. The van der Waals surface area contributed by atoms with Crippen LogP contribution in [-0.4, -0.2) is 20.9 Å². The highest BCUT2D eigenvalue weighted by Gasteiger charge is 2.28. The fourth-order valence-corrected chi connectivity index (χ4v) is 5.87. The van der Waals surface area contributed by atoms with Crippen molar-refractivity contribution >= 4 is 21.6 Å². The van der Waals surface area contributed by atoms with Crippen LogP contribution >= 0.6 is 0 Å². The average Bonchev–Trinajstić information content (AvgIpc) is 2.82. The minimum Gasteiger partial charge on any atom is -0.348 e. The molecule has 1 aliphatic rings. The van der Waals surface area contributed by atoms with Gasteiger partial charge in [-0.25, -0.2) is 8.42 Å². The molecule has 178 valence electrons. The molecule has 1 aliphatic carbocycles. The minimum absolute atomic E-state index is 0.162. The summed E-state index contributed by atoms with van der Waals surface area (Å²) in [5, 5.41) is 3.01. The smallest absolute Gasteiger partial charge is 0.264 e. The van der Waals surface area contributed by atoms with Crippen LogP contribution in [0.25, 0.3) is 0 Å². The molecular formula is C28H32N2O3S. The van der Waals surface area contributed by atoms with Gasteiger partial charge in [0.05, 0.1) is 16.6 Å². The second-order valence-corrected chi connectivity index (χ2v) is 11.1. The topological polar surface area (TPSA) is 66.5 Å². The minimum atomic E-state index is -3.92. The van der Waals surface area contributed by atoms with Gasteiger partial charge in [-0.2, -0.15) is 0 Å². The van der Waals surface area contributed by atoms with E-state index >= 15 is 0 Å². The van der Waals surface area contributed by atoms with Crippen molar-refractivity contribution in [2.45, 2.75) is 57.4 Å². The van der Waals surface area contributed by atoms with Gasteiger partial charge in [-0.05, 0) is 93.0 Å². The Bertz CT molecular complexity index is 1280. The SMILES string of the molecule is Cc1ccc(S(=O)(=O)N(CC(=O)N[C@@H](C)c2ccc3c(c2)CCCC3)c2cccc(C)c2)cc1. The first-order chi connectivity index (χ1) is 16.2. The molecule has 1 N–H and O–H groups in total. The highest BCUT2D eigenvalue weighted by molar-refractivity contribution is 7.92. The molecule has 0 heterocycles. The number of aryl methyl sites for hydroxylation is 4. The Morgan fingerprint density at radius 1 is 0.912 bits per heavy atom. The molecule has 3 aromatic rings. The van der Waals surface area contributed by atoms with Gasteiger partial charge in [0.25, 0.3) is 10.0 Å². The van der Waals surface area contributed by atoms with E-state index in [1.165, 1.54) is 28.3 Å². The van der Waals surface area contributed by atoms with Gasteiger partial charge in [-0.15, -0.1) is 0 Å². The molecule has 0 aromatic heterocycles. The lowest BCUT2D eigenvalue weighted by molar-refractivity contribution is -0.120. The quantitative estimate of drug-likeness (QED) is 0.506. The van der Waals surface area contributed by atoms with E-state index in [1.54, 1.807) is 42.5 Å². The lowest BCUT2D eigenvalue weighted by Crippen LogP contribution is -2.41. The summed E-state index contributed by atoms with van der Waals surface area (Å²) in [4.78, 5) is 13.3. The van der Waals surface area contributed by atoms with Crippen LogP contribution in [0.5, 0.6) is 0 Å². The monoisotopic (exact) mass is 476 g/mol. The molecule has 5 nitrogen and oxygen atoms in total. The van der Waals surface area contributed by atoms with Crippen molar-refractivity contribution in [3.8, 4) is 0 Å². The summed E-state index contributed by atoms with van der Waals surface area (Å²) in [6.07, 6.45) is 4.60. The maximum atomic E-state index is 13.6. The van der Waals surface area contributed by atoms with Gasteiger partial charge in [0.1, 0.15) is 6.54 Å². The fourth-order valence-electron chi connectivity index (χ4n) is 4.46. The summed E-state index contributed by atoms with van der Waals surface area (Å²) in [6, 6.07) is 20.1. The van der Waals surface area contributed by atoms with Crippen LogP contribution in [-0.2, 0) is 27.7 Å². The van der Waals surface area contributed by atoms with Crippen molar-refractivity contribution in [1.82, 2.24) is 5.32 Å². The largest absolute Gasteiger partial charge is 0.348 e. The van der Waals surface area contributed by atoms with Crippen molar-refractivity contribution in [3.63, 3.8) is 0 Å². The number of carbonyl (C=O) groups is 1. The first-order valence-corrected chi connectivity index (χ1v) is 13.3. The number of nitrogens with zero attached hydrogens (tertiary/aromatic N) is 1. The number of nitrogens with one attached hydrogen (secondary N) is 1. The zero-order chi connectivity index (χ0) is 24.3. The summed E-state index contributed by atoms with van der Waals surface area (Å²) in [5.74, 6) is -0.345. The number of amides is 1. The highest BCUT2D eigenvalue weighted by atomic mass is 32.2. The van der Waals surface area contributed by atoms with Crippen molar-refractivity contribution in [3.05, 3.63) is 94.5 Å². The van der Waals surface area contributed by atoms with Crippen molar-refractivity contribution in [2.75, 3.05) is 10.8 Å². The normalized spacial score (nSPS) is 14.2. The lowest BCUT2D eigenvalue weighted by atomic mass is 9.89. The molecule has 0 saturated carbocycles. The maximum absolute atomic E-state index is 13.6. The highest BCUT2D eigenvalue weighted by Crippen LogP contribution is 2.26. The number of benzene rings is 3. The predicted octanol–water partition coefficient (Wildman–Crippen LogP) is 5.25. The molecule has 1 atom stereocenters. The molecule has 0 unspecified atom stereocenters. The summed E-state index contributed by atoms with van der Waals surface area (Å²) in [5.41, 5.74) is 6.15. The van der Waals surface area contributed by atoms with Crippen molar-refractivity contribution in [1.29, 1.82) is 0 Å². The Balaban J connectivity index is 1.57. The zero-order valence-corrected chi connectivity index (χ0v) is 20.9. The molecule has 1 amide bonds. The van der Waals surface area contributed by atoms with Crippen molar-refractivity contribution in [2.24, 2.45) is 0 Å². The molecule has 0 radical (unpaired) electrons. The third-order valence-electron chi connectivity index (χ3n) is 6.44. The predicted molar refractivity (Wildman–Crippen MR) is 137 cm³/mol. The van der Waals surface area contributed by atoms with E-state index in [4.69, 9.17) is 0 Å². The number of carbonyl (C=O) groups excluding carboxylic acids is 1. The molecule has 3 aromatic carbocycles. The Morgan fingerprint density at radius 3 is 2.32 bits per heavy atom. The standard InChI is InChI=1S/C28H32N2O3S/c1-20-11-15-27(16-12-20)34(32,33)30(26-10-6-7-21(2)17-26)19-28(31)29-22(3)24-14-13-23-8-4-5-9-25(23)18-24/h6-7,10-18,22H,4-5,8-9,19H2,1-3H3,(H,29,31)/t22-/m0/s1. The molecule has 0 fully saturated rings. The lowest BCUT2D eigenvalue weighted by Gasteiger charge is -2.26. The van der Waals surface area contributed by atoms with Gasteiger partial charge >= 0.3 is 0 Å². The second-order valence-electron chi connectivity index (χ2n) is 9.19. The molecule has 0 aliphatic heterocycles. The van der Waals surface area contributed by atoms with Gasteiger partial charge in [0.2, 0.25) is 5.91 Å². The van der Waals surface area contributed by atoms with E-state index < -0.39 is 10.0 Å². The molecule has 34 heavy (non-hydrogen) atoms. The number of fused-ring (bicyclic) bond motifs is 1. The molecule has 0 saturated heterocycles. The zero-order valence-electron chi connectivity index (χ0n) is 20.0. The maximum Gasteiger partial charge on any atom is 0.264 e. The number of rotatable bonds is 7.